The molecule has 2 aromatic rings. The summed E-state index contributed by atoms with van der Waals surface area (Å²) in [4.78, 5) is 28.1. The summed E-state index contributed by atoms with van der Waals surface area (Å²) in [6.07, 6.45) is 5.59. The molecule has 1 N–H and O–H groups in total. The molecule has 3 rings (SSSR count). The van der Waals surface area contributed by atoms with Gasteiger partial charge in [0.25, 0.3) is 0 Å². The molecule has 208 valence electrons. The topological polar surface area (TPSA) is 96.0 Å². The van der Waals surface area contributed by atoms with E-state index in [4.69, 9.17) is 16.3 Å². The zero-order valence-corrected chi connectivity index (χ0v) is 24.1. The first kappa shape index (κ1) is 29.8. The third-order valence-corrected chi connectivity index (χ3v) is 8.41. The van der Waals surface area contributed by atoms with Crippen molar-refractivity contribution in [3.8, 4) is 5.75 Å². The van der Waals surface area contributed by atoms with E-state index in [2.05, 4.69) is 5.32 Å². The summed E-state index contributed by atoms with van der Waals surface area (Å²) < 4.78 is 31.5. The zero-order valence-electron chi connectivity index (χ0n) is 22.6. The molecule has 0 unspecified atom stereocenters. The number of rotatable bonds is 12. The van der Waals surface area contributed by atoms with Crippen LogP contribution in [-0.2, 0) is 26.2 Å². The Morgan fingerprint density at radius 2 is 1.79 bits per heavy atom. The number of methoxy groups -OCH3 is 1. The molecule has 2 aromatic carbocycles. The fourth-order valence-corrected chi connectivity index (χ4v) is 5.89. The summed E-state index contributed by atoms with van der Waals surface area (Å²) in [5.41, 5.74) is 2.43. The van der Waals surface area contributed by atoms with Crippen LogP contribution in [0.1, 0.15) is 56.6 Å². The van der Waals surface area contributed by atoms with Crippen LogP contribution in [0.4, 0.5) is 5.69 Å². The lowest BCUT2D eigenvalue weighted by Gasteiger charge is -2.30. The Morgan fingerprint density at radius 1 is 1.13 bits per heavy atom. The lowest BCUT2D eigenvalue weighted by Crippen LogP contribution is -2.49. The second-order valence-corrected chi connectivity index (χ2v) is 12.2. The molecule has 0 heterocycles. The molecule has 38 heavy (non-hydrogen) atoms. The van der Waals surface area contributed by atoms with Gasteiger partial charge in [-0.3, -0.25) is 13.9 Å². The fraction of sp³-hybridized carbons (Fsp3) is 0.500. The van der Waals surface area contributed by atoms with Crippen molar-refractivity contribution in [2.24, 2.45) is 0 Å². The molecule has 0 spiro atoms. The maximum atomic E-state index is 13.4. The summed E-state index contributed by atoms with van der Waals surface area (Å²) in [5, 5.41) is 3.39. The predicted molar refractivity (Wildman–Crippen MR) is 151 cm³/mol. The molecule has 10 heteroatoms. The Bertz CT molecular complexity index is 1210. The van der Waals surface area contributed by atoms with E-state index in [9.17, 15) is 18.0 Å². The van der Waals surface area contributed by atoms with Gasteiger partial charge >= 0.3 is 0 Å². The lowest BCUT2D eigenvalue weighted by atomic mass is 10.1. The van der Waals surface area contributed by atoms with Gasteiger partial charge in [-0.1, -0.05) is 54.3 Å². The maximum absolute atomic E-state index is 13.4. The molecule has 0 bridgehead atoms. The summed E-state index contributed by atoms with van der Waals surface area (Å²) in [5.74, 6) is 0.0690. The quantitative estimate of drug-likeness (QED) is 0.404. The number of nitrogens with zero attached hydrogens (tertiary/aromatic N) is 2. The smallest absolute Gasteiger partial charge is 0.242 e. The van der Waals surface area contributed by atoms with E-state index >= 15 is 0 Å². The highest BCUT2D eigenvalue weighted by atomic mass is 35.5. The molecule has 2 amide bonds. The molecule has 1 atom stereocenters. The van der Waals surface area contributed by atoms with Crippen LogP contribution in [0.5, 0.6) is 5.75 Å². The summed E-state index contributed by atoms with van der Waals surface area (Å²) in [6, 6.07) is 12.1. The van der Waals surface area contributed by atoms with E-state index in [1.807, 2.05) is 31.2 Å². The highest BCUT2D eigenvalue weighted by Gasteiger charge is 2.29. The van der Waals surface area contributed by atoms with Crippen LogP contribution < -0.4 is 14.4 Å². The lowest BCUT2D eigenvalue weighted by molar-refractivity contribution is -0.141. The molecule has 1 aliphatic carbocycles. The summed E-state index contributed by atoms with van der Waals surface area (Å²) in [7, 11) is -2.14. The normalized spacial score (nSPS) is 14.7. The fourth-order valence-electron chi connectivity index (χ4n) is 4.68. The SMILES string of the molecule is COc1ccc(N(CCCC(=O)N(Cc2ccc(C)cc2)[C@@H](C)C(=O)NC2CCCC2)S(C)(=O)=O)cc1Cl. The minimum Gasteiger partial charge on any atom is -0.495 e. The van der Waals surface area contributed by atoms with Gasteiger partial charge in [-0.2, -0.15) is 0 Å². The molecule has 0 radical (unpaired) electrons. The number of sulfonamides is 1. The standard InChI is InChI=1S/C28H38ClN3O5S/c1-20-11-13-22(14-12-20)19-31(21(2)28(34)30-23-8-5-6-9-23)27(33)10-7-17-32(38(4,35)36)24-15-16-26(37-3)25(29)18-24/h11-16,18,21,23H,5-10,17,19H2,1-4H3,(H,30,34)/t21-/m0/s1. The molecule has 0 aromatic heterocycles. The number of hydrogen-bond donors (Lipinski definition) is 1. The third-order valence-electron chi connectivity index (χ3n) is 6.92. The summed E-state index contributed by atoms with van der Waals surface area (Å²) >= 11 is 6.22. The number of carbonyl (C=O) groups excluding carboxylic acids is 2. The highest BCUT2D eigenvalue weighted by Crippen LogP contribution is 2.30. The van der Waals surface area contributed by atoms with Gasteiger partial charge in [0.1, 0.15) is 11.8 Å². The van der Waals surface area contributed by atoms with Crippen molar-refractivity contribution in [3.05, 3.63) is 58.6 Å². The Labute approximate surface area is 231 Å². The van der Waals surface area contributed by atoms with Gasteiger partial charge in [-0.25, -0.2) is 8.42 Å². The van der Waals surface area contributed by atoms with Crippen LogP contribution in [0.2, 0.25) is 5.02 Å². The van der Waals surface area contributed by atoms with E-state index in [0.29, 0.717) is 23.0 Å². The Hall–Kier alpha value is -2.78. The van der Waals surface area contributed by atoms with E-state index in [-0.39, 0.29) is 37.2 Å². The number of ether oxygens (including phenoxy) is 1. The highest BCUT2D eigenvalue weighted by molar-refractivity contribution is 7.92. The van der Waals surface area contributed by atoms with Crippen molar-refractivity contribution in [2.45, 2.75) is 71.0 Å². The number of carbonyl (C=O) groups is 2. The van der Waals surface area contributed by atoms with Gasteiger partial charge in [-0.05, 0) is 56.9 Å². The van der Waals surface area contributed by atoms with Gasteiger partial charge in [0.15, 0.2) is 0 Å². The minimum atomic E-state index is -3.62. The molecule has 8 nitrogen and oxygen atoms in total. The first-order valence-corrected chi connectivity index (χ1v) is 15.2. The molecule has 1 saturated carbocycles. The van der Waals surface area contributed by atoms with E-state index < -0.39 is 16.1 Å². The van der Waals surface area contributed by atoms with Crippen LogP contribution in [0, 0.1) is 6.92 Å². The zero-order chi connectivity index (χ0) is 27.9. The van der Waals surface area contributed by atoms with Crippen LogP contribution in [0.15, 0.2) is 42.5 Å². The molecule has 1 aliphatic rings. The van der Waals surface area contributed by atoms with Crippen LogP contribution in [0.25, 0.3) is 0 Å². The van der Waals surface area contributed by atoms with Crippen molar-refractivity contribution in [3.63, 3.8) is 0 Å². The van der Waals surface area contributed by atoms with Crippen molar-refractivity contribution in [1.29, 1.82) is 0 Å². The second-order valence-electron chi connectivity index (χ2n) is 9.93. The number of halogens is 1. The molecular weight excluding hydrogens is 526 g/mol. The number of nitrogens with one attached hydrogen (secondary N) is 1. The predicted octanol–water partition coefficient (Wildman–Crippen LogP) is 4.68. The van der Waals surface area contributed by atoms with Crippen molar-refractivity contribution in [1.82, 2.24) is 10.2 Å². The van der Waals surface area contributed by atoms with Crippen molar-refractivity contribution < 1.29 is 22.7 Å². The Kier molecular flexibility index (Phi) is 10.4. The Balaban J connectivity index is 1.72. The average molecular weight is 564 g/mol. The van der Waals surface area contributed by atoms with Gasteiger partial charge in [0.05, 0.1) is 24.1 Å². The first-order valence-electron chi connectivity index (χ1n) is 13.0. The van der Waals surface area contributed by atoms with Gasteiger partial charge in [-0.15, -0.1) is 0 Å². The monoisotopic (exact) mass is 563 g/mol. The number of aryl methyl sites for hydroxylation is 1. The molecule has 0 saturated heterocycles. The van der Waals surface area contributed by atoms with Crippen molar-refractivity contribution in [2.75, 3.05) is 24.2 Å². The number of hydrogen-bond acceptors (Lipinski definition) is 5. The largest absolute Gasteiger partial charge is 0.495 e. The molecule has 0 aliphatic heterocycles. The first-order chi connectivity index (χ1) is 18.0. The minimum absolute atomic E-state index is 0.0861. The van der Waals surface area contributed by atoms with Crippen LogP contribution >= 0.6 is 11.6 Å². The van der Waals surface area contributed by atoms with Gasteiger partial charge in [0.2, 0.25) is 21.8 Å². The van der Waals surface area contributed by atoms with Gasteiger partial charge in [0, 0.05) is 25.6 Å². The van der Waals surface area contributed by atoms with Crippen LogP contribution in [-0.4, -0.2) is 57.1 Å². The second kappa shape index (κ2) is 13.3. The number of amides is 2. The summed E-state index contributed by atoms with van der Waals surface area (Å²) in [6.45, 7) is 4.13. The van der Waals surface area contributed by atoms with Crippen LogP contribution in [0.3, 0.4) is 0 Å². The van der Waals surface area contributed by atoms with E-state index in [1.54, 1.807) is 24.0 Å². The number of benzene rings is 2. The number of anilines is 1. The maximum Gasteiger partial charge on any atom is 0.242 e. The van der Waals surface area contributed by atoms with Gasteiger partial charge < -0.3 is 15.0 Å². The molecule has 1 fully saturated rings. The Morgan fingerprint density at radius 3 is 2.37 bits per heavy atom. The van der Waals surface area contributed by atoms with Crippen molar-refractivity contribution >= 4 is 39.1 Å². The van der Waals surface area contributed by atoms with E-state index in [1.165, 1.54) is 17.5 Å². The third kappa shape index (κ3) is 8.11. The van der Waals surface area contributed by atoms with E-state index in [0.717, 1.165) is 43.1 Å². The molecular formula is C28H38ClN3O5S. The average Bonchev–Trinajstić information content (AvgIpc) is 3.38.